The zero-order chi connectivity index (χ0) is 32.3. The number of carboxylic acid groups (broad SMARTS) is 3. The van der Waals surface area contributed by atoms with Crippen molar-refractivity contribution in [2.75, 3.05) is 13.1 Å². The number of tetrazole rings is 2. The van der Waals surface area contributed by atoms with Crippen molar-refractivity contribution in [1.29, 1.82) is 0 Å². The van der Waals surface area contributed by atoms with E-state index in [1.165, 1.54) is 12.8 Å². The van der Waals surface area contributed by atoms with Gasteiger partial charge in [-0.2, -0.15) is 10.4 Å². The van der Waals surface area contributed by atoms with Crippen molar-refractivity contribution in [3.05, 3.63) is 11.6 Å². The average molecular weight is 817 g/mol. The smallest absolute Gasteiger partial charge is 0.408 e. The van der Waals surface area contributed by atoms with E-state index in [4.69, 9.17) is 5.11 Å². The van der Waals surface area contributed by atoms with E-state index in [9.17, 15) is 24.6 Å². The van der Waals surface area contributed by atoms with Gasteiger partial charge in [-0.1, -0.05) is 37.1 Å². The van der Waals surface area contributed by atoms with Gasteiger partial charge in [0.05, 0.1) is 0 Å². The molecule has 2 aliphatic heterocycles. The molecular formula is C29H48N10O6W. The second-order valence-electron chi connectivity index (χ2n) is 12.7. The van der Waals surface area contributed by atoms with Crippen LogP contribution in [0.15, 0.2) is 0 Å². The normalized spacial score (nSPS) is 30.1. The minimum Gasteiger partial charge on any atom is -0.480 e. The van der Waals surface area contributed by atoms with Crippen LogP contribution in [0.4, 0.5) is 4.79 Å². The molecule has 6 rings (SSSR count). The van der Waals surface area contributed by atoms with Gasteiger partial charge in [0.2, 0.25) is 0 Å². The number of likely N-dealkylation sites (tertiary alicyclic amines) is 1. The van der Waals surface area contributed by atoms with Gasteiger partial charge in [0.1, 0.15) is 12.1 Å². The Morgan fingerprint density at radius 1 is 0.739 bits per heavy atom. The maximum atomic E-state index is 11.4. The van der Waals surface area contributed by atoms with Crippen LogP contribution in [-0.4, -0.2) is 105 Å². The average Bonchev–Trinajstić information content (AvgIpc) is 3.78. The molecule has 4 aliphatic rings. The fourth-order valence-electron chi connectivity index (χ4n) is 7.81. The van der Waals surface area contributed by atoms with E-state index < -0.39 is 24.1 Å². The molecular weight excluding hydrogens is 768 g/mol. The maximum Gasteiger partial charge on any atom is 0.408 e. The molecule has 2 saturated carbocycles. The van der Waals surface area contributed by atoms with Gasteiger partial charge in [0.25, 0.3) is 0 Å². The molecule has 1 amide bonds. The zero-order valence-corrected chi connectivity index (χ0v) is 29.6. The van der Waals surface area contributed by atoms with E-state index in [2.05, 4.69) is 46.6 Å². The first-order valence-corrected chi connectivity index (χ1v) is 16.4. The Morgan fingerprint density at radius 2 is 1.28 bits per heavy atom. The number of H-pyrrole nitrogens is 2. The number of carbonyl (C=O) groups is 3. The molecule has 2 aromatic heterocycles. The summed E-state index contributed by atoms with van der Waals surface area (Å²) in [5.74, 6) is 2.70. The van der Waals surface area contributed by atoms with Gasteiger partial charge < -0.3 is 20.6 Å². The molecule has 0 bridgehead atoms. The van der Waals surface area contributed by atoms with Crippen LogP contribution in [0.25, 0.3) is 0 Å². The Kier molecular flexibility index (Phi) is 15.0. The Labute approximate surface area is 282 Å². The predicted octanol–water partition coefficient (Wildman–Crippen LogP) is 2.64. The number of hydrogen-bond donors (Lipinski definition) is 6. The van der Waals surface area contributed by atoms with E-state index in [1.54, 1.807) is 0 Å². The monoisotopic (exact) mass is 816 g/mol. The zero-order valence-electron chi connectivity index (χ0n) is 26.6. The molecule has 0 aromatic carbocycles. The maximum absolute atomic E-state index is 11.4. The van der Waals surface area contributed by atoms with Crippen LogP contribution < -0.4 is 5.32 Å². The summed E-state index contributed by atoms with van der Waals surface area (Å²) in [6.07, 6.45) is 10.3. The van der Waals surface area contributed by atoms with E-state index in [1.807, 2.05) is 13.8 Å². The number of aromatic amines is 2. The summed E-state index contributed by atoms with van der Waals surface area (Å²) in [6.45, 7) is 5.20. The topological polar surface area (TPSA) is 236 Å². The van der Waals surface area contributed by atoms with Crippen LogP contribution in [0, 0.1) is 35.5 Å². The number of nitrogens with one attached hydrogen (secondary N) is 3. The molecule has 0 radical (unpaired) electrons. The van der Waals surface area contributed by atoms with Gasteiger partial charge in [-0.3, -0.25) is 9.69 Å². The number of amides is 1. The van der Waals surface area contributed by atoms with Crippen molar-refractivity contribution in [2.24, 2.45) is 35.5 Å². The Hall–Kier alpha value is -3.00. The van der Waals surface area contributed by atoms with Gasteiger partial charge in [0.15, 0.2) is 11.6 Å². The van der Waals surface area contributed by atoms with Gasteiger partial charge in [-0.25, -0.2) is 9.59 Å². The van der Waals surface area contributed by atoms with Crippen LogP contribution in [0.5, 0.6) is 0 Å². The quantitative estimate of drug-likeness (QED) is 0.225. The number of aromatic nitrogens is 8. The largest absolute Gasteiger partial charge is 0.480 e. The minimum atomic E-state index is -1.13. The molecule has 8 atom stereocenters. The molecule has 4 heterocycles. The molecule has 4 fully saturated rings. The SMILES string of the molecule is CC.O=C(O)C1CC2CC(CCc3nn[nH]n3)CCC2CN1.O=C(O)C1CC2CC(CCc3nn[nH]n3)CCC2CN1C(=O)O.[W]. The summed E-state index contributed by atoms with van der Waals surface area (Å²) in [6, 6.07) is -1.27. The fraction of sp³-hybridized carbons (Fsp3) is 0.828. The van der Waals surface area contributed by atoms with Gasteiger partial charge in [-0.05, 0) is 93.4 Å². The predicted molar refractivity (Wildman–Crippen MR) is 160 cm³/mol. The fourth-order valence-corrected chi connectivity index (χ4v) is 7.81. The Morgan fingerprint density at radius 3 is 1.76 bits per heavy atom. The molecule has 8 unspecified atom stereocenters. The van der Waals surface area contributed by atoms with E-state index in [0.717, 1.165) is 75.1 Å². The van der Waals surface area contributed by atoms with Crippen molar-refractivity contribution in [3.63, 3.8) is 0 Å². The number of rotatable bonds is 8. The van der Waals surface area contributed by atoms with Crippen molar-refractivity contribution in [2.45, 2.75) is 103 Å². The number of carboxylic acids is 2. The van der Waals surface area contributed by atoms with Crippen LogP contribution in [-0.2, 0) is 43.5 Å². The molecule has 16 nitrogen and oxygen atoms in total. The van der Waals surface area contributed by atoms with Gasteiger partial charge in [-0.15, -0.1) is 20.4 Å². The van der Waals surface area contributed by atoms with E-state index >= 15 is 0 Å². The summed E-state index contributed by atoms with van der Waals surface area (Å²) < 4.78 is 0. The number of piperidine rings is 2. The van der Waals surface area contributed by atoms with Gasteiger partial charge in [0, 0.05) is 40.5 Å². The Bertz CT molecular complexity index is 1210. The molecule has 0 spiro atoms. The molecule has 46 heavy (non-hydrogen) atoms. The summed E-state index contributed by atoms with van der Waals surface area (Å²) in [4.78, 5) is 34.9. The number of fused-ring (bicyclic) bond motifs is 2. The van der Waals surface area contributed by atoms with Crippen molar-refractivity contribution in [1.82, 2.24) is 51.5 Å². The minimum absolute atomic E-state index is 0. The third kappa shape index (κ3) is 10.2. The van der Waals surface area contributed by atoms with Gasteiger partial charge >= 0.3 is 18.0 Å². The van der Waals surface area contributed by atoms with Crippen LogP contribution >= 0.6 is 0 Å². The standard InChI is InChI=1S/C14H21N5O4.C13H21N5O2.C2H6.W/c20-13(21)11-6-10-5-8(2-4-12-15-17-18-16-12)1-3-9(10)7-19(11)14(22)23;19-13(20)11-6-10-5-8(1-3-9(10)7-14-11)2-4-12-15-17-18-16-12;1-2;/h8-11H,1-7H2,(H,20,21)(H,22,23)(H,15,16,17,18);8-11,14H,1-7H2,(H,19,20)(H,15,16,17,18);1-2H3;. The third-order valence-corrected chi connectivity index (χ3v) is 10.2. The first-order chi connectivity index (χ1) is 21.8. The van der Waals surface area contributed by atoms with Crippen molar-refractivity contribution in [3.8, 4) is 0 Å². The second kappa shape index (κ2) is 18.4. The summed E-state index contributed by atoms with van der Waals surface area (Å²) in [5.41, 5.74) is 0. The Balaban J connectivity index is 0.000000235. The van der Waals surface area contributed by atoms with Crippen LogP contribution in [0.2, 0.25) is 0 Å². The summed E-state index contributed by atoms with van der Waals surface area (Å²) in [7, 11) is 0. The number of aliphatic carboxylic acids is 2. The molecule has 2 aliphatic carbocycles. The summed E-state index contributed by atoms with van der Waals surface area (Å²) in [5, 5.41) is 58.7. The number of hydrogen-bond acceptors (Lipinski definition) is 10. The van der Waals surface area contributed by atoms with E-state index in [0.29, 0.717) is 42.5 Å². The van der Waals surface area contributed by atoms with Crippen LogP contribution in [0.1, 0.15) is 89.7 Å². The first kappa shape index (κ1) is 37.5. The van der Waals surface area contributed by atoms with Crippen molar-refractivity contribution < 1.29 is 50.8 Å². The van der Waals surface area contributed by atoms with Crippen molar-refractivity contribution >= 4 is 18.0 Å². The number of aryl methyl sites for hydroxylation is 2. The first-order valence-electron chi connectivity index (χ1n) is 16.4. The molecule has 256 valence electrons. The second-order valence-corrected chi connectivity index (χ2v) is 12.7. The van der Waals surface area contributed by atoms with E-state index in [-0.39, 0.29) is 38.9 Å². The molecule has 17 heteroatoms. The van der Waals surface area contributed by atoms with Crippen LogP contribution in [0.3, 0.4) is 0 Å². The molecule has 6 N–H and O–H groups in total. The molecule has 2 aromatic rings. The molecule has 2 saturated heterocycles. The third-order valence-electron chi connectivity index (χ3n) is 10.2. The number of nitrogens with zero attached hydrogens (tertiary/aromatic N) is 7. The summed E-state index contributed by atoms with van der Waals surface area (Å²) >= 11 is 0.